The summed E-state index contributed by atoms with van der Waals surface area (Å²) in [6.07, 6.45) is 5.42. The first-order valence-electron chi connectivity index (χ1n) is 13.0. The zero-order valence-electron chi connectivity index (χ0n) is 21.7. The van der Waals surface area contributed by atoms with Gasteiger partial charge in [0.15, 0.2) is 11.6 Å². The Morgan fingerprint density at radius 3 is 2.39 bits per heavy atom. The Morgan fingerprint density at radius 1 is 0.944 bits per heavy atom. The quantitative estimate of drug-likeness (QED) is 0.321. The van der Waals surface area contributed by atoms with E-state index >= 15 is 0 Å². The molecule has 7 nitrogen and oxygen atoms in total. The van der Waals surface area contributed by atoms with Gasteiger partial charge in [-0.25, -0.2) is 9.67 Å². The van der Waals surface area contributed by atoms with Crippen LogP contribution in [0.4, 0.5) is 0 Å². The van der Waals surface area contributed by atoms with Crippen molar-refractivity contribution in [3.8, 4) is 22.5 Å². The van der Waals surface area contributed by atoms with Crippen molar-refractivity contribution in [3.63, 3.8) is 0 Å². The highest BCUT2D eigenvalue weighted by Gasteiger charge is 2.25. The van der Waals surface area contributed by atoms with Crippen molar-refractivity contribution in [2.75, 3.05) is 0 Å². The Labute approximate surface area is 212 Å². The number of ketones is 1. The highest BCUT2D eigenvalue weighted by atomic mass is 16.1. The number of hydrogen-bond acceptors (Lipinski definition) is 5. The molecule has 0 unspecified atom stereocenters. The molecule has 0 radical (unpaired) electrons. The third-order valence-electron chi connectivity index (χ3n) is 6.84. The molecule has 0 saturated carbocycles. The average Bonchev–Trinajstić information content (AvgIpc) is 3.44. The first-order valence-corrected chi connectivity index (χ1v) is 13.0. The Kier molecular flexibility index (Phi) is 6.56. The van der Waals surface area contributed by atoms with Crippen molar-refractivity contribution in [2.24, 2.45) is 0 Å². The molecule has 7 heteroatoms. The number of carbonyl (C=O) groups is 1. The van der Waals surface area contributed by atoms with Crippen LogP contribution in [0.25, 0.3) is 22.5 Å². The van der Waals surface area contributed by atoms with Crippen LogP contribution < -0.4 is 0 Å². The Bertz CT molecular complexity index is 1370. The van der Waals surface area contributed by atoms with E-state index in [1.165, 1.54) is 5.56 Å². The molecule has 0 N–H and O–H groups in total. The highest BCUT2D eigenvalue weighted by Crippen LogP contribution is 2.33. The molecule has 2 aromatic carbocycles. The van der Waals surface area contributed by atoms with Gasteiger partial charge in [-0.15, -0.1) is 5.10 Å². The lowest BCUT2D eigenvalue weighted by molar-refractivity contribution is 0.0977. The third-order valence-corrected chi connectivity index (χ3v) is 6.84. The fourth-order valence-corrected chi connectivity index (χ4v) is 5.02. The number of nitrogens with zero attached hydrogens (tertiary/aromatic N) is 6. The van der Waals surface area contributed by atoms with Crippen molar-refractivity contribution >= 4 is 5.78 Å². The number of carbonyl (C=O) groups excluding carboxylic acids is 1. The summed E-state index contributed by atoms with van der Waals surface area (Å²) in [5, 5.41) is 12.6. The van der Waals surface area contributed by atoms with Gasteiger partial charge in [-0.2, -0.15) is 0 Å². The lowest BCUT2D eigenvalue weighted by Crippen LogP contribution is -2.24. The number of hydrogen-bond donors (Lipinski definition) is 0. The summed E-state index contributed by atoms with van der Waals surface area (Å²) in [5.41, 5.74) is 6.02. The molecule has 0 bridgehead atoms. The smallest absolute Gasteiger partial charge is 0.183 e. The Morgan fingerprint density at radius 2 is 1.67 bits per heavy atom. The van der Waals surface area contributed by atoms with Gasteiger partial charge in [-0.1, -0.05) is 55.5 Å². The largest absolute Gasteiger partial charge is 0.327 e. The fourth-order valence-electron chi connectivity index (χ4n) is 5.02. The molecule has 0 saturated heterocycles. The van der Waals surface area contributed by atoms with Crippen molar-refractivity contribution in [2.45, 2.75) is 78.3 Å². The maximum atomic E-state index is 12.7. The number of aromatic nitrogens is 6. The average molecular weight is 483 g/mol. The number of fused-ring (bicyclic) bond motifs is 1. The summed E-state index contributed by atoms with van der Waals surface area (Å²) < 4.78 is 4.17. The van der Waals surface area contributed by atoms with Gasteiger partial charge >= 0.3 is 0 Å². The van der Waals surface area contributed by atoms with Gasteiger partial charge in [0.2, 0.25) is 0 Å². The monoisotopic (exact) mass is 482 g/mol. The summed E-state index contributed by atoms with van der Waals surface area (Å²) in [5.74, 6) is 1.99. The SMILES string of the molecule is CCCc1nc2c(n1Cc1ccc(-c3ccccc3-c3nnnn3C(C)(C)C)cc1)CCCCC2=O. The van der Waals surface area contributed by atoms with Crippen molar-refractivity contribution in [3.05, 3.63) is 71.3 Å². The van der Waals surface area contributed by atoms with Crippen LogP contribution in [0, 0.1) is 0 Å². The Balaban J connectivity index is 1.48. The number of rotatable bonds is 6. The van der Waals surface area contributed by atoms with Gasteiger partial charge < -0.3 is 4.57 Å². The van der Waals surface area contributed by atoms with Crippen LogP contribution in [-0.4, -0.2) is 35.5 Å². The van der Waals surface area contributed by atoms with Gasteiger partial charge in [0.1, 0.15) is 11.5 Å². The van der Waals surface area contributed by atoms with Gasteiger partial charge in [0.25, 0.3) is 0 Å². The normalized spacial score (nSPS) is 14.1. The summed E-state index contributed by atoms with van der Waals surface area (Å²) in [7, 11) is 0. The van der Waals surface area contributed by atoms with Crippen LogP contribution in [0.15, 0.2) is 48.5 Å². The molecule has 2 heterocycles. The van der Waals surface area contributed by atoms with E-state index in [9.17, 15) is 4.79 Å². The second-order valence-corrected chi connectivity index (χ2v) is 10.6. The van der Waals surface area contributed by atoms with Crippen LogP contribution in [-0.2, 0) is 24.9 Å². The van der Waals surface area contributed by atoms with E-state index in [0.717, 1.165) is 72.7 Å². The molecule has 1 aliphatic rings. The predicted molar refractivity (Wildman–Crippen MR) is 141 cm³/mol. The molecule has 186 valence electrons. The van der Waals surface area contributed by atoms with E-state index in [1.54, 1.807) is 0 Å². The molecule has 0 aliphatic heterocycles. The molecule has 36 heavy (non-hydrogen) atoms. The minimum absolute atomic E-state index is 0.197. The van der Waals surface area contributed by atoms with Gasteiger partial charge in [-0.05, 0) is 73.6 Å². The van der Waals surface area contributed by atoms with Crippen LogP contribution >= 0.6 is 0 Å². The van der Waals surface area contributed by atoms with Crippen LogP contribution in [0.5, 0.6) is 0 Å². The molecule has 2 aromatic heterocycles. The van der Waals surface area contributed by atoms with Gasteiger partial charge in [0, 0.05) is 30.6 Å². The maximum absolute atomic E-state index is 12.7. The molecule has 4 aromatic rings. The first-order chi connectivity index (χ1) is 17.4. The highest BCUT2D eigenvalue weighted by molar-refractivity contribution is 5.95. The Hall–Kier alpha value is -3.61. The standard InChI is InChI=1S/C29H34N6O/c1-5-10-26-30-27-24(13-8-9-14-25(27)36)34(26)19-20-15-17-21(18-16-20)22-11-6-7-12-23(22)28-31-32-33-35(28)29(2,3)4/h6-7,11-12,15-18H,5,8-10,13-14,19H2,1-4H3. The number of Topliss-reactive ketones (excluding diaryl/α,β-unsaturated/α-hetero) is 1. The van der Waals surface area contributed by atoms with E-state index in [2.05, 4.69) is 84.2 Å². The van der Waals surface area contributed by atoms with Gasteiger partial charge in [0.05, 0.1) is 5.54 Å². The molecular weight excluding hydrogens is 448 g/mol. The third kappa shape index (κ3) is 4.62. The molecule has 1 aliphatic carbocycles. The van der Waals surface area contributed by atoms with E-state index in [1.807, 2.05) is 16.8 Å². The topological polar surface area (TPSA) is 78.5 Å². The van der Waals surface area contributed by atoms with Crippen LogP contribution in [0.2, 0.25) is 0 Å². The predicted octanol–water partition coefficient (Wildman–Crippen LogP) is 5.87. The molecule has 0 spiro atoms. The molecule has 0 amide bonds. The minimum Gasteiger partial charge on any atom is -0.327 e. The lowest BCUT2D eigenvalue weighted by Gasteiger charge is -2.21. The van der Waals surface area contributed by atoms with Crippen LogP contribution in [0.3, 0.4) is 0 Å². The maximum Gasteiger partial charge on any atom is 0.183 e. The number of imidazole rings is 1. The van der Waals surface area contributed by atoms with Crippen molar-refractivity contribution in [1.29, 1.82) is 0 Å². The second-order valence-electron chi connectivity index (χ2n) is 10.6. The first kappa shape index (κ1) is 24.1. The molecule has 0 fully saturated rings. The zero-order chi connectivity index (χ0) is 25.3. The van der Waals surface area contributed by atoms with Crippen LogP contribution in [0.1, 0.15) is 80.9 Å². The van der Waals surface area contributed by atoms with E-state index in [0.29, 0.717) is 12.1 Å². The summed E-state index contributed by atoms with van der Waals surface area (Å²) in [6.45, 7) is 9.19. The number of aryl methyl sites for hydroxylation is 1. The van der Waals surface area contributed by atoms with Gasteiger partial charge in [-0.3, -0.25) is 4.79 Å². The lowest BCUT2D eigenvalue weighted by atomic mass is 9.97. The minimum atomic E-state index is -0.226. The van der Waals surface area contributed by atoms with Crippen molar-refractivity contribution < 1.29 is 4.79 Å². The summed E-state index contributed by atoms with van der Waals surface area (Å²) in [6, 6.07) is 17.0. The fraction of sp³-hybridized carbons (Fsp3) is 0.414. The van der Waals surface area contributed by atoms with E-state index in [-0.39, 0.29) is 11.3 Å². The number of tetrazole rings is 1. The summed E-state index contributed by atoms with van der Waals surface area (Å²) >= 11 is 0. The van der Waals surface area contributed by atoms with E-state index in [4.69, 9.17) is 4.98 Å². The summed E-state index contributed by atoms with van der Waals surface area (Å²) in [4.78, 5) is 17.5. The van der Waals surface area contributed by atoms with Crippen molar-refractivity contribution in [1.82, 2.24) is 29.8 Å². The van der Waals surface area contributed by atoms with E-state index < -0.39 is 0 Å². The molecular formula is C29H34N6O. The molecule has 5 rings (SSSR count). The zero-order valence-corrected chi connectivity index (χ0v) is 21.7. The molecule has 0 atom stereocenters. The second kappa shape index (κ2) is 9.80. The number of benzene rings is 2.